The molecule has 0 saturated heterocycles. The first kappa shape index (κ1) is 15.6. The van der Waals surface area contributed by atoms with Crippen molar-refractivity contribution >= 4 is 27.4 Å². The molecular weight excluding hydrogens is 310 g/mol. The van der Waals surface area contributed by atoms with Gasteiger partial charge in [-0.25, -0.2) is 18.4 Å². The molecule has 0 heterocycles. The van der Waals surface area contributed by atoms with Crippen molar-refractivity contribution in [2.45, 2.75) is 4.90 Å². The molecule has 0 aliphatic carbocycles. The summed E-state index contributed by atoms with van der Waals surface area (Å²) in [5.74, 6) is -1.97. The minimum Gasteiger partial charge on any atom is -0.872 e. The average Bonchev–Trinajstić information content (AvgIpc) is 2.45. The fourth-order valence-corrected chi connectivity index (χ4v) is 2.08. The van der Waals surface area contributed by atoms with E-state index in [2.05, 4.69) is 10.2 Å². The highest BCUT2D eigenvalue weighted by molar-refractivity contribution is 7.89. The number of carboxylic acids is 1. The lowest BCUT2D eigenvalue weighted by Gasteiger charge is -2.09. The number of nitrogens with zero attached hydrogens (tertiary/aromatic N) is 2. The van der Waals surface area contributed by atoms with E-state index >= 15 is 0 Å². The van der Waals surface area contributed by atoms with Crippen LogP contribution in [0.15, 0.2) is 57.6 Å². The first-order chi connectivity index (χ1) is 10.3. The van der Waals surface area contributed by atoms with Crippen LogP contribution < -0.4 is 10.2 Å². The largest absolute Gasteiger partial charge is 0.872 e. The van der Waals surface area contributed by atoms with E-state index in [4.69, 9.17) is 10.2 Å². The third kappa shape index (κ3) is 3.65. The summed E-state index contributed by atoms with van der Waals surface area (Å²) in [6, 6.07) is 8.85. The Hall–Kier alpha value is -2.78. The first-order valence-corrected chi connectivity index (χ1v) is 7.41. The Kier molecular flexibility index (Phi) is 4.20. The number of carbonyl (C=O) groups is 1. The molecule has 0 unspecified atom stereocenters. The third-order valence-electron chi connectivity index (χ3n) is 2.64. The van der Waals surface area contributed by atoms with Crippen LogP contribution in [0.1, 0.15) is 10.4 Å². The van der Waals surface area contributed by atoms with E-state index in [1.807, 2.05) is 0 Å². The number of hydrogen-bond donors (Lipinski definition) is 2. The fraction of sp³-hybridized carbons (Fsp3) is 0. The van der Waals surface area contributed by atoms with Crippen molar-refractivity contribution in [2.75, 3.05) is 0 Å². The zero-order chi connectivity index (χ0) is 16.3. The summed E-state index contributed by atoms with van der Waals surface area (Å²) in [7, 11) is -3.78. The van der Waals surface area contributed by atoms with E-state index in [0.29, 0.717) is 5.69 Å². The molecule has 2 aromatic rings. The Bertz CT molecular complexity index is 844. The Morgan fingerprint density at radius 3 is 2.14 bits per heavy atom. The van der Waals surface area contributed by atoms with E-state index < -0.39 is 27.3 Å². The van der Waals surface area contributed by atoms with Gasteiger partial charge in [0.2, 0.25) is 10.0 Å². The second kappa shape index (κ2) is 5.92. The van der Waals surface area contributed by atoms with Crippen LogP contribution in [0.4, 0.5) is 11.4 Å². The zero-order valence-corrected chi connectivity index (χ0v) is 11.8. The monoisotopic (exact) mass is 320 g/mol. The van der Waals surface area contributed by atoms with Gasteiger partial charge in [-0.1, -0.05) is 11.8 Å². The predicted octanol–water partition coefficient (Wildman–Crippen LogP) is 1.52. The molecule has 3 N–H and O–H groups in total. The van der Waals surface area contributed by atoms with Crippen molar-refractivity contribution in [3.05, 3.63) is 48.0 Å². The summed E-state index contributed by atoms with van der Waals surface area (Å²) in [4.78, 5) is 10.8. The molecule has 2 aromatic carbocycles. The van der Waals surface area contributed by atoms with Crippen LogP contribution in [0.3, 0.4) is 0 Å². The van der Waals surface area contributed by atoms with Gasteiger partial charge in [-0.15, -0.1) is 0 Å². The summed E-state index contributed by atoms with van der Waals surface area (Å²) in [6.07, 6.45) is 0. The summed E-state index contributed by atoms with van der Waals surface area (Å²) in [5, 5.41) is 32.7. The minimum absolute atomic E-state index is 0.0599. The number of azo groups is 1. The lowest BCUT2D eigenvalue weighted by molar-refractivity contribution is -0.268. The summed E-state index contributed by atoms with van der Waals surface area (Å²) in [6.45, 7) is 0. The molecule has 0 fully saturated rings. The zero-order valence-electron chi connectivity index (χ0n) is 11.0. The molecule has 0 aliphatic rings. The van der Waals surface area contributed by atoms with Gasteiger partial charge in [-0.2, -0.15) is 10.2 Å². The maximum absolute atomic E-state index is 11.3. The van der Waals surface area contributed by atoms with Crippen molar-refractivity contribution in [2.24, 2.45) is 15.4 Å². The molecule has 9 heteroatoms. The number of hydrogen-bond acceptors (Lipinski definition) is 6. The summed E-state index contributed by atoms with van der Waals surface area (Å²) < 4.78 is 22.2. The lowest BCUT2D eigenvalue weighted by atomic mass is 10.2. The second-order valence-corrected chi connectivity index (χ2v) is 5.79. The fourth-order valence-electron chi connectivity index (χ4n) is 1.57. The van der Waals surface area contributed by atoms with Crippen LogP contribution in [-0.4, -0.2) is 19.5 Å². The number of sulfonamides is 1. The number of nitrogens with two attached hydrogens (primary N) is 1. The molecule has 0 aromatic heterocycles. The molecule has 8 nitrogen and oxygen atoms in total. The SMILES string of the molecule is NS(=O)(=O)c1ccc(N=Nc2ccc([O-])c(C(=O)O)c2)cc1. The first-order valence-electron chi connectivity index (χ1n) is 5.86. The lowest BCUT2D eigenvalue weighted by Crippen LogP contribution is -2.11. The van der Waals surface area contributed by atoms with Gasteiger partial charge >= 0.3 is 5.97 Å². The molecule has 0 amide bonds. The molecule has 114 valence electrons. The van der Waals surface area contributed by atoms with Gasteiger partial charge in [0, 0.05) is 0 Å². The third-order valence-corrected chi connectivity index (χ3v) is 3.57. The molecule has 0 atom stereocenters. The summed E-state index contributed by atoms with van der Waals surface area (Å²) in [5.41, 5.74) is 0.129. The Labute approximate surface area is 125 Å². The summed E-state index contributed by atoms with van der Waals surface area (Å²) >= 11 is 0. The predicted molar refractivity (Wildman–Crippen MR) is 74.8 cm³/mol. The molecule has 0 aliphatic heterocycles. The quantitative estimate of drug-likeness (QED) is 0.820. The van der Waals surface area contributed by atoms with Crippen molar-refractivity contribution in [3.63, 3.8) is 0 Å². The van der Waals surface area contributed by atoms with Crippen LogP contribution in [-0.2, 0) is 10.0 Å². The number of benzene rings is 2. The highest BCUT2D eigenvalue weighted by Crippen LogP contribution is 2.24. The van der Waals surface area contributed by atoms with E-state index in [1.54, 1.807) is 0 Å². The molecule has 0 saturated carbocycles. The normalized spacial score (nSPS) is 11.7. The standard InChI is InChI=1S/C13H11N3O5S/c14-22(20,21)10-4-1-8(2-5-10)15-16-9-3-6-12(17)11(7-9)13(18)19/h1-7,17H,(H,18,19)(H2,14,20,21)/p-1. The Balaban J connectivity index is 2.25. The topological polar surface area (TPSA) is 145 Å². The number of carboxylic acid groups (broad SMARTS) is 1. The molecule has 0 spiro atoms. The smallest absolute Gasteiger partial charge is 0.335 e. The van der Waals surface area contributed by atoms with Crippen molar-refractivity contribution in [3.8, 4) is 5.75 Å². The van der Waals surface area contributed by atoms with Crippen molar-refractivity contribution < 1.29 is 23.4 Å². The van der Waals surface area contributed by atoms with E-state index in [0.717, 1.165) is 12.1 Å². The molecule has 2 rings (SSSR count). The number of rotatable bonds is 4. The van der Waals surface area contributed by atoms with Crippen LogP contribution in [0.2, 0.25) is 0 Å². The van der Waals surface area contributed by atoms with Gasteiger partial charge in [0.1, 0.15) is 0 Å². The molecular formula is C13H10N3O5S-. The Morgan fingerprint density at radius 1 is 1.05 bits per heavy atom. The van der Waals surface area contributed by atoms with Crippen molar-refractivity contribution in [1.82, 2.24) is 0 Å². The van der Waals surface area contributed by atoms with Gasteiger partial charge < -0.3 is 10.2 Å². The molecule has 22 heavy (non-hydrogen) atoms. The average molecular weight is 320 g/mol. The van der Waals surface area contributed by atoms with Gasteiger partial charge in [0.15, 0.2) is 0 Å². The van der Waals surface area contributed by atoms with Crippen LogP contribution in [0, 0.1) is 0 Å². The van der Waals surface area contributed by atoms with Crippen molar-refractivity contribution in [1.29, 1.82) is 0 Å². The second-order valence-electron chi connectivity index (χ2n) is 4.22. The maximum atomic E-state index is 11.3. The van der Waals surface area contributed by atoms with E-state index in [1.165, 1.54) is 30.3 Å². The van der Waals surface area contributed by atoms with Crippen LogP contribution in [0.25, 0.3) is 0 Å². The number of primary sulfonamides is 1. The van der Waals surface area contributed by atoms with Gasteiger partial charge in [0.05, 0.1) is 21.8 Å². The minimum atomic E-state index is -3.78. The molecule has 0 radical (unpaired) electrons. The van der Waals surface area contributed by atoms with Crippen LogP contribution >= 0.6 is 0 Å². The van der Waals surface area contributed by atoms with Gasteiger partial charge in [-0.3, -0.25) is 0 Å². The van der Waals surface area contributed by atoms with Gasteiger partial charge in [-0.05, 0) is 36.4 Å². The van der Waals surface area contributed by atoms with E-state index in [-0.39, 0.29) is 10.6 Å². The number of aromatic carboxylic acids is 1. The van der Waals surface area contributed by atoms with Gasteiger partial charge in [0.25, 0.3) is 0 Å². The molecule has 0 bridgehead atoms. The van der Waals surface area contributed by atoms with E-state index in [9.17, 15) is 18.3 Å². The Morgan fingerprint density at radius 2 is 1.59 bits per heavy atom. The van der Waals surface area contributed by atoms with Crippen LogP contribution in [0.5, 0.6) is 5.75 Å². The highest BCUT2D eigenvalue weighted by atomic mass is 32.2. The highest BCUT2D eigenvalue weighted by Gasteiger charge is 2.07. The maximum Gasteiger partial charge on any atom is 0.335 e.